The third-order valence-electron chi connectivity index (χ3n) is 3.74. The van der Waals surface area contributed by atoms with E-state index in [0.717, 1.165) is 36.5 Å². The van der Waals surface area contributed by atoms with Gasteiger partial charge in [-0.15, -0.1) is 0 Å². The van der Waals surface area contributed by atoms with E-state index in [-0.39, 0.29) is 6.04 Å². The number of rotatable bonds is 4. The molecule has 1 N–H and O–H groups in total. The molecule has 0 amide bonds. The summed E-state index contributed by atoms with van der Waals surface area (Å²) in [6, 6.07) is 8.29. The van der Waals surface area contributed by atoms with E-state index in [2.05, 4.69) is 15.7 Å². The number of piperidine rings is 1. The first-order valence-electron chi connectivity index (χ1n) is 7.10. The van der Waals surface area contributed by atoms with E-state index in [1.165, 1.54) is 11.0 Å². The van der Waals surface area contributed by atoms with E-state index in [9.17, 15) is 8.42 Å². The number of benzene rings is 1. The molecule has 0 radical (unpaired) electrons. The standard InChI is InChI=1S/C14H19N3O2S2/c1-21(18,19)15-10-11-6-4-5-9-17(11)14-16-12-7-2-3-8-13(12)20-14/h2-3,7-8,11,15H,4-6,9-10H2,1H3. The quantitative estimate of drug-likeness (QED) is 0.936. The number of anilines is 1. The van der Waals surface area contributed by atoms with Gasteiger partial charge in [-0.2, -0.15) is 0 Å². The maximum Gasteiger partial charge on any atom is 0.208 e. The molecule has 1 aliphatic heterocycles. The van der Waals surface area contributed by atoms with Gasteiger partial charge in [0.05, 0.1) is 16.5 Å². The molecular formula is C14H19N3O2S2. The van der Waals surface area contributed by atoms with Crippen molar-refractivity contribution in [1.29, 1.82) is 0 Å². The molecule has 2 heterocycles. The third-order valence-corrected chi connectivity index (χ3v) is 5.50. The van der Waals surface area contributed by atoms with Gasteiger partial charge in [-0.05, 0) is 31.4 Å². The van der Waals surface area contributed by atoms with Gasteiger partial charge in [-0.3, -0.25) is 0 Å². The van der Waals surface area contributed by atoms with E-state index in [1.54, 1.807) is 11.3 Å². The molecule has 5 nitrogen and oxygen atoms in total. The monoisotopic (exact) mass is 325 g/mol. The largest absolute Gasteiger partial charge is 0.344 e. The minimum Gasteiger partial charge on any atom is -0.344 e. The lowest BCUT2D eigenvalue weighted by Gasteiger charge is -2.35. The Balaban J connectivity index is 1.83. The summed E-state index contributed by atoms with van der Waals surface area (Å²) in [5, 5.41) is 0.996. The highest BCUT2D eigenvalue weighted by molar-refractivity contribution is 7.88. The van der Waals surface area contributed by atoms with Crippen LogP contribution in [0.2, 0.25) is 0 Å². The Morgan fingerprint density at radius 2 is 2.19 bits per heavy atom. The van der Waals surface area contributed by atoms with E-state index in [4.69, 9.17) is 4.98 Å². The minimum absolute atomic E-state index is 0.189. The Kier molecular flexibility index (Phi) is 4.14. The van der Waals surface area contributed by atoms with Crippen molar-refractivity contribution in [3.63, 3.8) is 0 Å². The number of nitrogens with zero attached hydrogens (tertiary/aromatic N) is 2. The summed E-state index contributed by atoms with van der Waals surface area (Å²) in [7, 11) is -3.15. The average Bonchev–Trinajstić information content (AvgIpc) is 2.88. The van der Waals surface area contributed by atoms with Crippen LogP contribution < -0.4 is 9.62 Å². The highest BCUT2D eigenvalue weighted by Gasteiger charge is 2.25. The maximum absolute atomic E-state index is 11.3. The molecule has 0 aliphatic carbocycles. The SMILES string of the molecule is CS(=O)(=O)NCC1CCCCN1c1nc2ccccc2s1. The number of aromatic nitrogens is 1. The van der Waals surface area contributed by atoms with Gasteiger partial charge in [-0.1, -0.05) is 23.5 Å². The molecule has 0 spiro atoms. The lowest BCUT2D eigenvalue weighted by Crippen LogP contribution is -2.46. The van der Waals surface area contributed by atoms with Crippen LogP contribution >= 0.6 is 11.3 Å². The second-order valence-electron chi connectivity index (χ2n) is 5.43. The fraction of sp³-hybridized carbons (Fsp3) is 0.500. The summed E-state index contributed by atoms with van der Waals surface area (Å²) in [5.41, 5.74) is 1.01. The molecule has 3 rings (SSSR count). The molecular weight excluding hydrogens is 306 g/mol. The number of sulfonamides is 1. The van der Waals surface area contributed by atoms with Crippen molar-refractivity contribution in [2.45, 2.75) is 25.3 Å². The molecule has 0 saturated carbocycles. The molecule has 1 fully saturated rings. The van der Waals surface area contributed by atoms with Crippen molar-refractivity contribution in [3.05, 3.63) is 24.3 Å². The van der Waals surface area contributed by atoms with E-state index in [1.807, 2.05) is 18.2 Å². The number of hydrogen-bond donors (Lipinski definition) is 1. The fourth-order valence-corrected chi connectivity index (χ4v) is 4.25. The molecule has 1 aromatic heterocycles. The first-order valence-corrected chi connectivity index (χ1v) is 9.80. The normalized spacial score (nSPS) is 20.0. The van der Waals surface area contributed by atoms with Crippen molar-refractivity contribution in [2.24, 2.45) is 0 Å². The van der Waals surface area contributed by atoms with E-state index in [0.29, 0.717) is 6.54 Å². The number of thiazole rings is 1. The molecule has 1 atom stereocenters. The predicted octanol–water partition coefficient (Wildman–Crippen LogP) is 2.20. The summed E-state index contributed by atoms with van der Waals surface area (Å²) in [6.45, 7) is 1.39. The van der Waals surface area contributed by atoms with Crippen LogP contribution in [-0.4, -0.2) is 38.8 Å². The van der Waals surface area contributed by atoms with Crippen LogP contribution in [0.3, 0.4) is 0 Å². The highest BCUT2D eigenvalue weighted by atomic mass is 32.2. The van der Waals surface area contributed by atoms with Crippen LogP contribution in [0.25, 0.3) is 10.2 Å². The zero-order chi connectivity index (χ0) is 14.9. The third kappa shape index (κ3) is 3.53. The minimum atomic E-state index is -3.15. The molecule has 114 valence electrons. The summed E-state index contributed by atoms with van der Waals surface area (Å²) >= 11 is 1.68. The van der Waals surface area contributed by atoms with Crippen molar-refractivity contribution in [1.82, 2.24) is 9.71 Å². The van der Waals surface area contributed by atoms with Gasteiger partial charge in [0.15, 0.2) is 5.13 Å². The molecule has 1 aromatic carbocycles. The summed E-state index contributed by atoms with van der Waals surface area (Å²) in [6.07, 6.45) is 4.47. The maximum atomic E-state index is 11.3. The van der Waals surface area contributed by atoms with Crippen molar-refractivity contribution in [2.75, 3.05) is 24.2 Å². The van der Waals surface area contributed by atoms with E-state index < -0.39 is 10.0 Å². The molecule has 1 saturated heterocycles. The van der Waals surface area contributed by atoms with Crippen LogP contribution in [0.4, 0.5) is 5.13 Å². The number of para-hydroxylation sites is 1. The zero-order valence-corrected chi connectivity index (χ0v) is 13.6. The molecule has 7 heteroatoms. The summed E-state index contributed by atoms with van der Waals surface area (Å²) in [4.78, 5) is 6.95. The summed E-state index contributed by atoms with van der Waals surface area (Å²) in [5.74, 6) is 0. The molecule has 0 bridgehead atoms. The first kappa shape index (κ1) is 14.7. The lowest BCUT2D eigenvalue weighted by molar-refractivity contribution is 0.453. The average molecular weight is 325 g/mol. The Morgan fingerprint density at radius 3 is 2.95 bits per heavy atom. The van der Waals surface area contributed by atoms with Gasteiger partial charge in [0, 0.05) is 19.1 Å². The molecule has 1 aliphatic rings. The van der Waals surface area contributed by atoms with Crippen LogP contribution in [0.5, 0.6) is 0 Å². The van der Waals surface area contributed by atoms with Crippen LogP contribution in [0.15, 0.2) is 24.3 Å². The molecule has 21 heavy (non-hydrogen) atoms. The van der Waals surface area contributed by atoms with Gasteiger partial charge in [0.2, 0.25) is 10.0 Å². The first-order chi connectivity index (χ1) is 10.0. The molecule has 1 unspecified atom stereocenters. The smallest absolute Gasteiger partial charge is 0.208 e. The Morgan fingerprint density at radius 1 is 1.38 bits per heavy atom. The lowest BCUT2D eigenvalue weighted by atomic mass is 10.0. The van der Waals surface area contributed by atoms with Crippen LogP contribution in [-0.2, 0) is 10.0 Å². The van der Waals surface area contributed by atoms with Crippen molar-refractivity contribution in [3.8, 4) is 0 Å². The molecule has 2 aromatic rings. The number of fused-ring (bicyclic) bond motifs is 1. The summed E-state index contributed by atoms with van der Waals surface area (Å²) < 4.78 is 26.4. The van der Waals surface area contributed by atoms with Gasteiger partial charge in [-0.25, -0.2) is 18.1 Å². The van der Waals surface area contributed by atoms with Gasteiger partial charge in [0.25, 0.3) is 0 Å². The Bertz CT molecular complexity index is 694. The zero-order valence-electron chi connectivity index (χ0n) is 11.9. The topological polar surface area (TPSA) is 62.3 Å². The van der Waals surface area contributed by atoms with Gasteiger partial charge in [0.1, 0.15) is 0 Å². The second-order valence-corrected chi connectivity index (χ2v) is 8.27. The second kappa shape index (κ2) is 5.90. The van der Waals surface area contributed by atoms with Gasteiger partial charge < -0.3 is 4.90 Å². The fourth-order valence-electron chi connectivity index (χ4n) is 2.70. The number of nitrogens with one attached hydrogen (secondary N) is 1. The highest BCUT2D eigenvalue weighted by Crippen LogP contribution is 2.32. The Labute approximate surface area is 129 Å². The Hall–Kier alpha value is -1.18. The van der Waals surface area contributed by atoms with Crippen LogP contribution in [0.1, 0.15) is 19.3 Å². The predicted molar refractivity (Wildman–Crippen MR) is 87.5 cm³/mol. The van der Waals surface area contributed by atoms with Crippen molar-refractivity contribution >= 4 is 36.7 Å². The van der Waals surface area contributed by atoms with Gasteiger partial charge >= 0.3 is 0 Å². The van der Waals surface area contributed by atoms with Crippen LogP contribution in [0, 0.1) is 0 Å². The number of hydrogen-bond acceptors (Lipinski definition) is 5. The van der Waals surface area contributed by atoms with E-state index >= 15 is 0 Å². The van der Waals surface area contributed by atoms with Crippen molar-refractivity contribution < 1.29 is 8.42 Å².